The number of ether oxygens (including phenoxy) is 2. The molecule has 0 aliphatic heterocycles. The molecule has 4 nitrogen and oxygen atoms in total. The summed E-state index contributed by atoms with van der Waals surface area (Å²) >= 11 is 5.67. The zero-order valence-corrected chi connectivity index (χ0v) is 20.8. The Bertz CT molecular complexity index is 1040. The van der Waals surface area contributed by atoms with Gasteiger partial charge in [-0.15, -0.1) is 0 Å². The van der Waals surface area contributed by atoms with Crippen LogP contribution in [-0.2, 0) is 6.61 Å². The lowest BCUT2D eigenvalue weighted by molar-refractivity contribution is 0.102. The van der Waals surface area contributed by atoms with Crippen molar-refractivity contribution in [3.8, 4) is 11.5 Å². The van der Waals surface area contributed by atoms with Gasteiger partial charge in [-0.3, -0.25) is 4.79 Å². The lowest BCUT2D eigenvalue weighted by Crippen LogP contribution is -2.14. The van der Waals surface area contributed by atoms with Crippen LogP contribution in [0.1, 0.15) is 41.3 Å². The molecule has 156 valence electrons. The van der Waals surface area contributed by atoms with E-state index in [1.807, 2.05) is 54.6 Å². The van der Waals surface area contributed by atoms with Gasteiger partial charge in [0.15, 0.2) is 11.5 Å². The minimum Gasteiger partial charge on any atom is -0.493 e. The normalized spacial score (nSPS) is 10.7. The Labute approximate surface area is 199 Å². The van der Waals surface area contributed by atoms with Crippen LogP contribution in [-0.4, -0.2) is 13.0 Å². The smallest absolute Gasteiger partial charge is 0.255 e. The van der Waals surface area contributed by atoms with Crippen molar-refractivity contribution in [1.82, 2.24) is 0 Å². The predicted octanol–water partition coefficient (Wildman–Crippen LogP) is 7.02. The van der Waals surface area contributed by atoms with Crippen molar-refractivity contribution in [2.75, 3.05) is 12.4 Å². The van der Waals surface area contributed by atoms with Gasteiger partial charge in [0.25, 0.3) is 5.91 Å². The third-order valence-corrected chi connectivity index (χ3v) is 5.90. The van der Waals surface area contributed by atoms with Crippen molar-refractivity contribution in [2.24, 2.45) is 0 Å². The molecule has 0 aliphatic rings. The summed E-state index contributed by atoms with van der Waals surface area (Å²) in [5, 5.41) is 3.03. The molecule has 0 aliphatic carbocycles. The van der Waals surface area contributed by atoms with Crippen LogP contribution in [0.25, 0.3) is 0 Å². The molecule has 0 fully saturated rings. The van der Waals surface area contributed by atoms with Gasteiger partial charge in [0, 0.05) is 15.7 Å². The number of halogens is 2. The van der Waals surface area contributed by atoms with Crippen molar-refractivity contribution in [2.45, 2.75) is 26.4 Å². The summed E-state index contributed by atoms with van der Waals surface area (Å²) in [7, 11) is 1.58. The van der Waals surface area contributed by atoms with Gasteiger partial charge in [0.2, 0.25) is 0 Å². The Kier molecular flexibility index (Phi) is 7.77. The van der Waals surface area contributed by atoms with Crippen molar-refractivity contribution in [1.29, 1.82) is 0 Å². The van der Waals surface area contributed by atoms with Crippen molar-refractivity contribution in [3.05, 3.63) is 85.4 Å². The van der Waals surface area contributed by atoms with E-state index in [0.29, 0.717) is 23.7 Å². The second kappa shape index (κ2) is 10.3. The molecule has 3 aromatic carbocycles. The summed E-state index contributed by atoms with van der Waals surface area (Å²) in [5.74, 6) is 1.25. The highest BCUT2D eigenvalue weighted by molar-refractivity contribution is 14.1. The topological polar surface area (TPSA) is 47.6 Å². The fourth-order valence-electron chi connectivity index (χ4n) is 3.04. The lowest BCUT2D eigenvalue weighted by Gasteiger charge is -2.16. The van der Waals surface area contributed by atoms with E-state index >= 15 is 0 Å². The minimum atomic E-state index is -0.190. The molecule has 0 heterocycles. The van der Waals surface area contributed by atoms with E-state index in [9.17, 15) is 4.79 Å². The Hall–Kier alpha value is -2.06. The second-order valence-electron chi connectivity index (χ2n) is 7.10. The first-order chi connectivity index (χ1) is 14.4. The molecule has 30 heavy (non-hydrogen) atoms. The van der Waals surface area contributed by atoms with Gasteiger partial charge in [-0.25, -0.2) is 0 Å². The van der Waals surface area contributed by atoms with Gasteiger partial charge in [0.1, 0.15) is 6.61 Å². The number of rotatable bonds is 7. The third-order valence-electron chi connectivity index (χ3n) is 4.60. The largest absolute Gasteiger partial charge is 0.493 e. The van der Waals surface area contributed by atoms with Crippen LogP contribution in [0.5, 0.6) is 11.5 Å². The van der Waals surface area contributed by atoms with E-state index in [1.54, 1.807) is 13.2 Å². The molecule has 1 N–H and O–H groups in total. The van der Waals surface area contributed by atoms with Crippen LogP contribution >= 0.6 is 38.5 Å². The molecule has 0 saturated carbocycles. The van der Waals surface area contributed by atoms with Crippen LogP contribution in [0.15, 0.2) is 65.1 Å². The molecule has 0 bridgehead atoms. The molecule has 3 aromatic rings. The maximum absolute atomic E-state index is 13.0. The molecule has 1 amide bonds. The number of carbonyl (C=O) groups excluding carboxylic acids is 1. The van der Waals surface area contributed by atoms with Crippen molar-refractivity contribution < 1.29 is 14.3 Å². The molecule has 0 saturated heterocycles. The summed E-state index contributed by atoms with van der Waals surface area (Å²) in [6, 6.07) is 19.3. The van der Waals surface area contributed by atoms with E-state index in [0.717, 1.165) is 24.9 Å². The Balaban J connectivity index is 1.83. The number of carbonyl (C=O) groups is 1. The average molecular weight is 580 g/mol. The van der Waals surface area contributed by atoms with Gasteiger partial charge in [-0.2, -0.15) is 0 Å². The lowest BCUT2D eigenvalue weighted by atomic mass is 10.0. The first-order valence-corrected chi connectivity index (χ1v) is 11.4. The number of methoxy groups -OCH3 is 1. The maximum atomic E-state index is 13.0. The Morgan fingerprint density at radius 2 is 1.83 bits per heavy atom. The average Bonchev–Trinajstić information content (AvgIpc) is 2.74. The monoisotopic (exact) mass is 579 g/mol. The molecule has 3 rings (SSSR count). The van der Waals surface area contributed by atoms with Crippen molar-refractivity contribution in [3.63, 3.8) is 0 Å². The van der Waals surface area contributed by atoms with E-state index in [1.165, 1.54) is 0 Å². The minimum absolute atomic E-state index is 0.190. The van der Waals surface area contributed by atoms with Crippen molar-refractivity contribution >= 4 is 50.1 Å². The fraction of sp³-hybridized carbons (Fsp3) is 0.208. The van der Waals surface area contributed by atoms with E-state index < -0.39 is 0 Å². The summed E-state index contributed by atoms with van der Waals surface area (Å²) in [6.07, 6.45) is 0. The van der Waals surface area contributed by atoms with E-state index in [2.05, 4.69) is 57.7 Å². The standard InChI is InChI=1S/C24H23BrINO3/c1-15(2)19-13-18(25)9-10-21(19)27-24(28)17-11-20(26)23(22(12-17)29-3)30-14-16-7-5-4-6-8-16/h4-13,15H,14H2,1-3H3,(H,27,28). The summed E-state index contributed by atoms with van der Waals surface area (Å²) in [6.45, 7) is 4.62. The van der Waals surface area contributed by atoms with Gasteiger partial charge in [-0.1, -0.05) is 60.1 Å². The van der Waals surface area contributed by atoms with Crippen LogP contribution in [0.2, 0.25) is 0 Å². The first kappa shape index (κ1) is 22.6. The molecule has 6 heteroatoms. The molecule has 0 atom stereocenters. The zero-order valence-electron chi connectivity index (χ0n) is 17.0. The van der Waals surface area contributed by atoms with Gasteiger partial charge >= 0.3 is 0 Å². The summed E-state index contributed by atoms with van der Waals surface area (Å²) < 4.78 is 13.3. The molecule has 0 spiro atoms. The molecule has 0 unspecified atom stereocenters. The number of anilines is 1. The number of amides is 1. The van der Waals surface area contributed by atoms with Gasteiger partial charge in [-0.05, 0) is 70.0 Å². The highest BCUT2D eigenvalue weighted by Crippen LogP contribution is 2.35. The van der Waals surface area contributed by atoms with E-state index in [4.69, 9.17) is 9.47 Å². The van der Waals surface area contributed by atoms with Gasteiger partial charge in [0.05, 0.1) is 10.7 Å². The quantitative estimate of drug-likeness (QED) is 0.306. The van der Waals surface area contributed by atoms with Crippen LogP contribution in [0.3, 0.4) is 0 Å². The highest BCUT2D eigenvalue weighted by Gasteiger charge is 2.17. The van der Waals surface area contributed by atoms with E-state index in [-0.39, 0.29) is 11.8 Å². The number of hydrogen-bond acceptors (Lipinski definition) is 3. The SMILES string of the molecule is COc1cc(C(=O)Nc2ccc(Br)cc2C(C)C)cc(I)c1OCc1ccccc1. The predicted molar refractivity (Wildman–Crippen MR) is 133 cm³/mol. The fourth-order valence-corrected chi connectivity index (χ4v) is 4.18. The number of benzene rings is 3. The number of hydrogen-bond donors (Lipinski definition) is 1. The zero-order chi connectivity index (χ0) is 21.7. The van der Waals surface area contributed by atoms with Gasteiger partial charge < -0.3 is 14.8 Å². The van der Waals surface area contributed by atoms with Crippen LogP contribution in [0, 0.1) is 3.57 Å². The molecular formula is C24H23BrINO3. The summed E-state index contributed by atoms with van der Waals surface area (Å²) in [4.78, 5) is 13.0. The highest BCUT2D eigenvalue weighted by atomic mass is 127. The molecule has 0 radical (unpaired) electrons. The first-order valence-electron chi connectivity index (χ1n) is 9.54. The maximum Gasteiger partial charge on any atom is 0.255 e. The summed E-state index contributed by atoms with van der Waals surface area (Å²) in [5.41, 5.74) is 3.45. The molecule has 0 aromatic heterocycles. The Morgan fingerprint density at radius 3 is 2.50 bits per heavy atom. The van der Waals surface area contributed by atoms with Crippen LogP contribution < -0.4 is 14.8 Å². The molecular weight excluding hydrogens is 557 g/mol. The second-order valence-corrected chi connectivity index (χ2v) is 9.18. The third kappa shape index (κ3) is 5.55. The van der Waals surface area contributed by atoms with Crippen LogP contribution in [0.4, 0.5) is 5.69 Å². The number of nitrogens with one attached hydrogen (secondary N) is 1. The Morgan fingerprint density at radius 1 is 1.10 bits per heavy atom.